The number of carbonyl (C=O) groups excluding carboxylic acids is 1. The molecule has 1 amide bonds. The van der Waals surface area contributed by atoms with Crippen molar-refractivity contribution in [3.63, 3.8) is 0 Å². The number of hydrogen-bond donors (Lipinski definition) is 1. The Balaban J connectivity index is 1.63. The Morgan fingerprint density at radius 3 is 2.96 bits per heavy atom. The topological polar surface area (TPSA) is 54.9 Å². The molecule has 9 heteroatoms. The van der Waals surface area contributed by atoms with E-state index in [0.29, 0.717) is 5.13 Å². The number of anilines is 1. The lowest BCUT2D eigenvalue weighted by Crippen LogP contribution is -2.12. The molecule has 0 aliphatic heterocycles. The molecular formula is C14H9ClFN3OS3. The van der Waals surface area contributed by atoms with E-state index in [0.717, 1.165) is 16.2 Å². The quantitative estimate of drug-likeness (QED) is 0.499. The van der Waals surface area contributed by atoms with Crippen LogP contribution in [0.4, 0.5) is 9.52 Å². The molecule has 1 N–H and O–H groups in total. The number of carbonyl (C=O) groups is 1. The van der Waals surface area contributed by atoms with Gasteiger partial charge in [-0.05, 0) is 29.6 Å². The molecule has 1 aromatic carbocycles. The highest BCUT2D eigenvalue weighted by molar-refractivity contribution is 8.00. The average Bonchev–Trinajstić information content (AvgIpc) is 3.16. The number of thiophene rings is 1. The summed E-state index contributed by atoms with van der Waals surface area (Å²) in [5.74, 6) is -0.125. The Hall–Kier alpha value is -1.48. The van der Waals surface area contributed by atoms with E-state index in [2.05, 4.69) is 21.6 Å². The van der Waals surface area contributed by atoms with E-state index in [9.17, 15) is 9.18 Å². The van der Waals surface area contributed by atoms with Crippen molar-refractivity contribution in [1.82, 2.24) is 10.2 Å². The summed E-state index contributed by atoms with van der Waals surface area (Å²) < 4.78 is 13.8. The van der Waals surface area contributed by atoms with Crippen LogP contribution in [0.1, 0.15) is 15.2 Å². The zero-order chi connectivity index (χ0) is 16.2. The van der Waals surface area contributed by atoms with E-state index in [4.69, 9.17) is 11.6 Å². The smallest absolute Gasteiger partial charge is 0.259 e. The van der Waals surface area contributed by atoms with Crippen molar-refractivity contribution in [3.8, 4) is 0 Å². The summed E-state index contributed by atoms with van der Waals surface area (Å²) in [7, 11) is 0. The predicted octanol–water partition coefficient (Wildman–Crippen LogP) is 4.94. The highest BCUT2D eigenvalue weighted by Gasteiger charge is 2.14. The SMILES string of the molecule is O=C(Nc1nnc(SCc2cccs2)s1)c1ccc(F)cc1Cl. The first-order valence-electron chi connectivity index (χ1n) is 6.37. The van der Waals surface area contributed by atoms with Gasteiger partial charge in [-0.15, -0.1) is 21.5 Å². The summed E-state index contributed by atoms with van der Waals surface area (Å²) in [6.45, 7) is 0. The summed E-state index contributed by atoms with van der Waals surface area (Å²) in [6.07, 6.45) is 0. The van der Waals surface area contributed by atoms with Gasteiger partial charge in [-0.3, -0.25) is 10.1 Å². The van der Waals surface area contributed by atoms with Gasteiger partial charge in [-0.2, -0.15) is 0 Å². The number of nitrogens with zero attached hydrogens (tertiary/aromatic N) is 2. The standard InChI is InChI=1S/C14H9ClFN3OS3/c15-11-6-8(16)3-4-10(11)12(20)17-13-18-19-14(23-13)22-7-9-2-1-5-21-9/h1-6H,7H2,(H,17,18,20). The monoisotopic (exact) mass is 385 g/mol. The maximum Gasteiger partial charge on any atom is 0.259 e. The van der Waals surface area contributed by atoms with Crippen molar-refractivity contribution in [3.05, 3.63) is 57.0 Å². The third-order valence-corrected chi connectivity index (χ3v) is 6.11. The summed E-state index contributed by atoms with van der Waals surface area (Å²) in [6, 6.07) is 7.67. The zero-order valence-electron chi connectivity index (χ0n) is 11.5. The van der Waals surface area contributed by atoms with E-state index in [1.54, 1.807) is 23.1 Å². The van der Waals surface area contributed by atoms with Crippen LogP contribution in [-0.4, -0.2) is 16.1 Å². The molecule has 4 nitrogen and oxygen atoms in total. The Morgan fingerprint density at radius 2 is 2.22 bits per heavy atom. The fourth-order valence-corrected chi connectivity index (χ4v) is 4.46. The van der Waals surface area contributed by atoms with Gasteiger partial charge >= 0.3 is 0 Å². The maximum absolute atomic E-state index is 13.0. The molecule has 118 valence electrons. The molecule has 0 bridgehead atoms. The van der Waals surface area contributed by atoms with E-state index in [1.807, 2.05) is 11.4 Å². The minimum Gasteiger partial charge on any atom is -0.296 e. The van der Waals surface area contributed by atoms with E-state index in [-0.39, 0.29) is 10.6 Å². The van der Waals surface area contributed by atoms with Gasteiger partial charge in [0.2, 0.25) is 5.13 Å². The van der Waals surface area contributed by atoms with Gasteiger partial charge in [-0.25, -0.2) is 4.39 Å². The summed E-state index contributed by atoms with van der Waals surface area (Å²) in [4.78, 5) is 13.4. The molecule has 0 aliphatic rings. The van der Waals surface area contributed by atoms with Crippen LogP contribution in [0.5, 0.6) is 0 Å². The first kappa shape index (κ1) is 16.4. The molecule has 0 atom stereocenters. The second-order valence-electron chi connectivity index (χ2n) is 4.32. The molecule has 0 unspecified atom stereocenters. The van der Waals surface area contributed by atoms with Gasteiger partial charge in [0.1, 0.15) is 5.82 Å². The van der Waals surface area contributed by atoms with Crippen LogP contribution in [0, 0.1) is 5.82 Å². The number of hydrogen-bond acceptors (Lipinski definition) is 6. The summed E-state index contributed by atoms with van der Waals surface area (Å²) >= 11 is 10.4. The number of aromatic nitrogens is 2. The molecule has 0 saturated heterocycles. The molecule has 23 heavy (non-hydrogen) atoms. The van der Waals surface area contributed by atoms with Crippen molar-refractivity contribution in [2.45, 2.75) is 10.1 Å². The number of amides is 1. The van der Waals surface area contributed by atoms with Crippen LogP contribution >= 0.6 is 46.0 Å². The number of rotatable bonds is 5. The maximum atomic E-state index is 13.0. The van der Waals surface area contributed by atoms with Crippen LogP contribution in [0.3, 0.4) is 0 Å². The zero-order valence-corrected chi connectivity index (χ0v) is 14.7. The fraction of sp³-hybridized carbons (Fsp3) is 0.0714. The Kier molecular flexibility index (Phi) is 5.27. The Morgan fingerprint density at radius 1 is 1.35 bits per heavy atom. The molecule has 0 saturated carbocycles. The predicted molar refractivity (Wildman–Crippen MR) is 93.2 cm³/mol. The third-order valence-electron chi connectivity index (χ3n) is 2.72. The third kappa shape index (κ3) is 4.29. The molecular weight excluding hydrogens is 377 g/mol. The van der Waals surface area contributed by atoms with Gasteiger partial charge in [0, 0.05) is 10.6 Å². The van der Waals surface area contributed by atoms with Crippen molar-refractivity contribution >= 4 is 57.1 Å². The number of benzene rings is 1. The molecule has 0 spiro atoms. The molecule has 3 rings (SSSR count). The first-order valence-corrected chi connectivity index (χ1v) is 9.43. The van der Waals surface area contributed by atoms with E-state index in [1.165, 1.54) is 28.3 Å². The first-order chi connectivity index (χ1) is 11.1. The van der Waals surface area contributed by atoms with Crippen LogP contribution in [0.25, 0.3) is 0 Å². The highest BCUT2D eigenvalue weighted by atomic mass is 35.5. The summed E-state index contributed by atoms with van der Waals surface area (Å²) in [5, 5.41) is 13.0. The normalized spacial score (nSPS) is 10.7. The van der Waals surface area contributed by atoms with Crippen LogP contribution in [-0.2, 0) is 5.75 Å². The van der Waals surface area contributed by atoms with E-state index < -0.39 is 11.7 Å². The lowest BCUT2D eigenvalue weighted by molar-refractivity contribution is 0.102. The Labute approximate surface area is 148 Å². The molecule has 2 heterocycles. The Bertz CT molecular complexity index is 823. The molecule has 0 fully saturated rings. The van der Waals surface area contributed by atoms with Crippen molar-refractivity contribution in [2.75, 3.05) is 5.32 Å². The van der Waals surface area contributed by atoms with Crippen LogP contribution in [0.15, 0.2) is 40.1 Å². The van der Waals surface area contributed by atoms with Crippen molar-refractivity contribution < 1.29 is 9.18 Å². The highest BCUT2D eigenvalue weighted by Crippen LogP contribution is 2.30. The second-order valence-corrected chi connectivity index (χ2v) is 7.96. The minimum atomic E-state index is -0.491. The fourth-order valence-electron chi connectivity index (χ4n) is 1.68. The number of halogens is 2. The van der Waals surface area contributed by atoms with Crippen LogP contribution in [0.2, 0.25) is 5.02 Å². The molecule has 0 aliphatic carbocycles. The van der Waals surface area contributed by atoms with Gasteiger partial charge in [0.25, 0.3) is 5.91 Å². The lowest BCUT2D eigenvalue weighted by atomic mass is 10.2. The molecule has 3 aromatic rings. The van der Waals surface area contributed by atoms with Gasteiger partial charge in [0.05, 0.1) is 10.6 Å². The van der Waals surface area contributed by atoms with Crippen molar-refractivity contribution in [2.24, 2.45) is 0 Å². The van der Waals surface area contributed by atoms with E-state index >= 15 is 0 Å². The van der Waals surface area contributed by atoms with Gasteiger partial charge in [-0.1, -0.05) is 40.8 Å². The minimum absolute atomic E-state index is 0.0549. The van der Waals surface area contributed by atoms with Gasteiger partial charge in [0.15, 0.2) is 4.34 Å². The lowest BCUT2D eigenvalue weighted by Gasteiger charge is -2.03. The largest absolute Gasteiger partial charge is 0.296 e. The number of nitrogens with one attached hydrogen (secondary N) is 1. The van der Waals surface area contributed by atoms with Crippen molar-refractivity contribution in [1.29, 1.82) is 0 Å². The van der Waals surface area contributed by atoms with Gasteiger partial charge < -0.3 is 0 Å². The summed E-state index contributed by atoms with van der Waals surface area (Å²) in [5.41, 5.74) is 0.191. The van der Waals surface area contributed by atoms with Crippen LogP contribution < -0.4 is 5.32 Å². The number of thioether (sulfide) groups is 1. The second kappa shape index (κ2) is 7.39. The molecule has 0 radical (unpaired) electrons. The average molecular weight is 386 g/mol. The molecule has 2 aromatic heterocycles.